The van der Waals surface area contributed by atoms with Gasteiger partial charge in [-0.3, -0.25) is 0 Å². The first kappa shape index (κ1) is 11.7. The predicted octanol–water partition coefficient (Wildman–Crippen LogP) is 2.22. The Labute approximate surface area is 108 Å². The van der Waals surface area contributed by atoms with Crippen molar-refractivity contribution in [3.63, 3.8) is 0 Å². The van der Waals surface area contributed by atoms with E-state index in [1.165, 1.54) is 6.20 Å². The number of carboxylic acids is 1. The van der Waals surface area contributed by atoms with E-state index in [0.29, 0.717) is 5.56 Å². The highest BCUT2D eigenvalue weighted by atomic mass is 16.4. The van der Waals surface area contributed by atoms with Crippen LogP contribution in [0.25, 0.3) is 21.8 Å². The Morgan fingerprint density at radius 1 is 1.32 bits per heavy atom. The summed E-state index contributed by atoms with van der Waals surface area (Å²) in [4.78, 5) is 18.3. The van der Waals surface area contributed by atoms with Gasteiger partial charge in [-0.05, 0) is 24.1 Å². The normalized spacial score (nSPS) is 11.3. The van der Waals surface area contributed by atoms with Crippen LogP contribution in [0.4, 0.5) is 0 Å². The van der Waals surface area contributed by atoms with Crippen molar-refractivity contribution in [1.29, 1.82) is 0 Å². The summed E-state index contributed by atoms with van der Waals surface area (Å²) < 4.78 is 0. The molecule has 5 nitrogen and oxygen atoms in total. The van der Waals surface area contributed by atoms with Gasteiger partial charge in [0.05, 0.1) is 18.3 Å². The average molecular weight is 256 g/mol. The molecule has 2 aromatic heterocycles. The summed E-state index contributed by atoms with van der Waals surface area (Å²) in [7, 11) is 0. The largest absolute Gasteiger partial charge is 0.477 e. The highest BCUT2D eigenvalue weighted by Crippen LogP contribution is 2.31. The zero-order chi connectivity index (χ0) is 13.6. The smallest absolute Gasteiger partial charge is 0.354 e. The number of carbonyl (C=O) groups is 1. The van der Waals surface area contributed by atoms with Crippen molar-refractivity contribution < 1.29 is 15.0 Å². The maximum Gasteiger partial charge on any atom is 0.354 e. The number of rotatable bonds is 2. The Hall–Kier alpha value is -2.40. The van der Waals surface area contributed by atoms with Crippen LogP contribution < -0.4 is 0 Å². The maximum absolute atomic E-state index is 11.2. The van der Waals surface area contributed by atoms with Crippen molar-refractivity contribution in [3.05, 3.63) is 41.2 Å². The fourth-order valence-electron chi connectivity index (χ4n) is 2.52. The second-order valence-corrected chi connectivity index (χ2v) is 4.45. The first-order valence-corrected chi connectivity index (χ1v) is 5.86. The number of aromatic nitrogens is 2. The summed E-state index contributed by atoms with van der Waals surface area (Å²) in [5, 5.41) is 20.3. The van der Waals surface area contributed by atoms with Crippen molar-refractivity contribution in [3.8, 4) is 0 Å². The summed E-state index contributed by atoms with van der Waals surface area (Å²) >= 11 is 0. The van der Waals surface area contributed by atoms with E-state index in [1.807, 2.05) is 18.2 Å². The topological polar surface area (TPSA) is 86.2 Å². The highest BCUT2D eigenvalue weighted by Gasteiger charge is 2.16. The molecule has 2 heterocycles. The van der Waals surface area contributed by atoms with Gasteiger partial charge >= 0.3 is 5.97 Å². The van der Waals surface area contributed by atoms with E-state index >= 15 is 0 Å². The molecule has 0 aliphatic rings. The number of nitrogens with zero attached hydrogens (tertiary/aromatic N) is 1. The summed E-state index contributed by atoms with van der Waals surface area (Å²) in [5.74, 6) is -1.05. The van der Waals surface area contributed by atoms with Crippen LogP contribution in [0.1, 0.15) is 21.6 Å². The van der Waals surface area contributed by atoms with Crippen LogP contribution >= 0.6 is 0 Å². The molecule has 3 rings (SSSR count). The lowest BCUT2D eigenvalue weighted by atomic mass is 10.0. The molecule has 1 aromatic carbocycles. The van der Waals surface area contributed by atoms with Gasteiger partial charge in [0.25, 0.3) is 0 Å². The first-order chi connectivity index (χ1) is 9.13. The van der Waals surface area contributed by atoms with Crippen molar-refractivity contribution in [2.45, 2.75) is 13.5 Å². The molecule has 0 aliphatic carbocycles. The molecule has 0 unspecified atom stereocenters. The quantitative estimate of drug-likeness (QED) is 0.656. The molecule has 19 heavy (non-hydrogen) atoms. The van der Waals surface area contributed by atoms with Crippen LogP contribution in [0.5, 0.6) is 0 Å². The highest BCUT2D eigenvalue weighted by molar-refractivity contribution is 6.12. The molecule has 96 valence electrons. The minimum Gasteiger partial charge on any atom is -0.477 e. The number of pyridine rings is 1. The van der Waals surface area contributed by atoms with E-state index in [0.717, 1.165) is 27.4 Å². The van der Waals surface area contributed by atoms with E-state index in [-0.39, 0.29) is 12.3 Å². The molecule has 3 aromatic rings. The summed E-state index contributed by atoms with van der Waals surface area (Å²) in [5.41, 5.74) is 3.07. The van der Waals surface area contributed by atoms with Crippen LogP contribution in [0, 0.1) is 6.92 Å². The molecule has 0 atom stereocenters. The summed E-state index contributed by atoms with van der Waals surface area (Å²) in [6.45, 7) is 1.65. The molecule has 5 heteroatoms. The van der Waals surface area contributed by atoms with Crippen molar-refractivity contribution in [2.75, 3.05) is 0 Å². The number of carboxylic acid groups (broad SMARTS) is 1. The third-order valence-electron chi connectivity index (χ3n) is 3.37. The first-order valence-electron chi connectivity index (χ1n) is 5.86. The van der Waals surface area contributed by atoms with Gasteiger partial charge in [0.1, 0.15) is 0 Å². The lowest BCUT2D eigenvalue weighted by molar-refractivity contribution is 0.0690. The monoisotopic (exact) mass is 256 g/mol. The molecular weight excluding hydrogens is 244 g/mol. The summed E-state index contributed by atoms with van der Waals surface area (Å²) in [6.07, 6.45) is 1.52. The number of benzene rings is 1. The van der Waals surface area contributed by atoms with Crippen LogP contribution in [0.15, 0.2) is 24.4 Å². The number of hydrogen-bond acceptors (Lipinski definition) is 3. The van der Waals surface area contributed by atoms with Crippen LogP contribution in [0.2, 0.25) is 0 Å². The van der Waals surface area contributed by atoms with Gasteiger partial charge in [0.2, 0.25) is 0 Å². The minimum absolute atomic E-state index is 0.0427. The number of aryl methyl sites for hydroxylation is 1. The van der Waals surface area contributed by atoms with Crippen LogP contribution in [0.3, 0.4) is 0 Å². The third-order valence-corrected chi connectivity index (χ3v) is 3.37. The van der Waals surface area contributed by atoms with Gasteiger partial charge in [-0.25, -0.2) is 9.78 Å². The molecule has 0 saturated carbocycles. The van der Waals surface area contributed by atoms with E-state index in [2.05, 4.69) is 9.97 Å². The molecule has 0 bridgehead atoms. The fourth-order valence-corrected chi connectivity index (χ4v) is 2.52. The molecule has 0 aliphatic heterocycles. The van der Waals surface area contributed by atoms with E-state index in [9.17, 15) is 9.90 Å². The zero-order valence-corrected chi connectivity index (χ0v) is 10.3. The Balaban J connectivity index is 2.53. The molecule has 3 N–H and O–H groups in total. The van der Waals surface area contributed by atoms with Crippen molar-refractivity contribution in [2.24, 2.45) is 0 Å². The Morgan fingerprint density at radius 2 is 2.11 bits per heavy atom. The minimum atomic E-state index is -1.05. The predicted molar refractivity (Wildman–Crippen MR) is 71.2 cm³/mol. The van der Waals surface area contributed by atoms with Crippen molar-refractivity contribution >= 4 is 27.8 Å². The zero-order valence-electron chi connectivity index (χ0n) is 10.3. The lowest BCUT2D eigenvalue weighted by Gasteiger charge is -2.04. The van der Waals surface area contributed by atoms with Crippen LogP contribution in [-0.4, -0.2) is 26.2 Å². The number of aliphatic hydroxyl groups excluding tert-OH is 1. The number of aromatic amines is 1. The summed E-state index contributed by atoms with van der Waals surface area (Å²) in [6, 6.07) is 5.58. The van der Waals surface area contributed by atoms with E-state index in [4.69, 9.17) is 5.11 Å². The van der Waals surface area contributed by atoms with Gasteiger partial charge in [-0.2, -0.15) is 0 Å². The van der Waals surface area contributed by atoms with E-state index < -0.39 is 5.97 Å². The van der Waals surface area contributed by atoms with Crippen LogP contribution in [-0.2, 0) is 6.61 Å². The molecule has 0 saturated heterocycles. The number of fused-ring (bicyclic) bond motifs is 3. The number of hydrogen-bond donors (Lipinski definition) is 3. The number of nitrogens with one attached hydrogen (secondary N) is 1. The molecule has 0 fully saturated rings. The number of H-pyrrole nitrogens is 1. The Bertz CT molecular complexity index is 805. The fraction of sp³-hybridized carbons (Fsp3) is 0.143. The maximum atomic E-state index is 11.2. The SMILES string of the molecule is Cc1c(C(=O)O)ncc2[nH]c3cccc(CO)c3c12. The third kappa shape index (κ3) is 1.59. The Morgan fingerprint density at radius 3 is 2.79 bits per heavy atom. The molecule has 0 amide bonds. The number of aromatic carboxylic acids is 1. The number of aliphatic hydroxyl groups is 1. The van der Waals surface area contributed by atoms with Gasteiger partial charge < -0.3 is 15.2 Å². The van der Waals surface area contributed by atoms with E-state index in [1.54, 1.807) is 6.92 Å². The molecule has 0 radical (unpaired) electrons. The van der Waals surface area contributed by atoms with Gasteiger partial charge in [-0.15, -0.1) is 0 Å². The standard InChI is InChI=1S/C14H12N2O3/c1-7-11-10(5-15-13(7)14(18)19)16-9-4-2-3-8(6-17)12(9)11/h2-5,16-17H,6H2,1H3,(H,18,19). The van der Waals surface area contributed by atoms with Crippen molar-refractivity contribution in [1.82, 2.24) is 9.97 Å². The molecule has 0 spiro atoms. The Kier molecular flexibility index (Phi) is 2.50. The van der Waals surface area contributed by atoms with Gasteiger partial charge in [0, 0.05) is 16.3 Å². The second-order valence-electron chi connectivity index (χ2n) is 4.45. The van der Waals surface area contributed by atoms with Gasteiger partial charge in [0.15, 0.2) is 5.69 Å². The lowest BCUT2D eigenvalue weighted by Crippen LogP contribution is -2.03. The second kappa shape index (κ2) is 4.07. The average Bonchev–Trinajstić information content (AvgIpc) is 2.77. The van der Waals surface area contributed by atoms with Gasteiger partial charge in [-0.1, -0.05) is 12.1 Å². The molecular formula is C14H12N2O3.